The van der Waals surface area contributed by atoms with E-state index in [1.165, 1.54) is 12.1 Å². The van der Waals surface area contributed by atoms with Gasteiger partial charge in [0.1, 0.15) is 17.3 Å². The molecule has 1 N–H and O–H groups in total. The second kappa shape index (κ2) is 6.22. The summed E-state index contributed by atoms with van der Waals surface area (Å²) in [7, 11) is 0. The van der Waals surface area contributed by atoms with Crippen LogP contribution in [0, 0.1) is 12.7 Å². The Labute approximate surface area is 141 Å². The highest BCUT2D eigenvalue weighted by atomic mass is 19.1. The van der Waals surface area contributed by atoms with Gasteiger partial charge in [0.2, 0.25) is 0 Å². The van der Waals surface area contributed by atoms with Gasteiger partial charge in [0.05, 0.1) is 24.8 Å². The van der Waals surface area contributed by atoms with Crippen LogP contribution < -0.4 is 5.32 Å². The van der Waals surface area contributed by atoms with Gasteiger partial charge in [0.25, 0.3) is 0 Å². The first-order valence-corrected chi connectivity index (χ1v) is 8.54. The number of nitrogens with one attached hydrogen (secondary N) is 1. The van der Waals surface area contributed by atoms with Gasteiger partial charge in [-0.25, -0.2) is 4.39 Å². The summed E-state index contributed by atoms with van der Waals surface area (Å²) in [5, 5.41) is 3.40. The predicted octanol–water partition coefficient (Wildman–Crippen LogP) is 3.57. The number of likely N-dealkylation sites (tertiary alicyclic amines) is 1. The van der Waals surface area contributed by atoms with Crippen LogP contribution in [0.1, 0.15) is 24.4 Å². The fourth-order valence-corrected chi connectivity index (χ4v) is 3.89. The normalized spacial score (nSPS) is 27.2. The molecule has 0 radical (unpaired) electrons. The van der Waals surface area contributed by atoms with Crippen LogP contribution in [0.4, 0.5) is 10.1 Å². The van der Waals surface area contributed by atoms with Crippen molar-refractivity contribution >= 4 is 5.69 Å². The van der Waals surface area contributed by atoms with Gasteiger partial charge in [0, 0.05) is 25.2 Å². The maximum Gasteiger partial charge on any atom is 0.125 e. The Balaban J connectivity index is 1.34. The van der Waals surface area contributed by atoms with E-state index >= 15 is 0 Å². The number of rotatable bonds is 4. The van der Waals surface area contributed by atoms with Gasteiger partial charge in [-0.15, -0.1) is 0 Å². The summed E-state index contributed by atoms with van der Waals surface area (Å²) < 4.78 is 25.1. The zero-order chi connectivity index (χ0) is 16.6. The molecule has 0 aliphatic carbocycles. The van der Waals surface area contributed by atoms with Crippen LogP contribution in [0.2, 0.25) is 0 Å². The monoisotopic (exact) mass is 330 g/mol. The summed E-state index contributed by atoms with van der Waals surface area (Å²) in [6.07, 6.45) is 1.99. The van der Waals surface area contributed by atoms with Crippen molar-refractivity contribution in [3.8, 4) is 0 Å². The molecule has 0 saturated carbocycles. The van der Waals surface area contributed by atoms with E-state index in [0.29, 0.717) is 6.61 Å². The Hall–Kier alpha value is -1.85. The zero-order valence-corrected chi connectivity index (χ0v) is 13.9. The lowest BCUT2D eigenvalue weighted by atomic mass is 9.97. The third-order valence-electron chi connectivity index (χ3n) is 4.98. The highest BCUT2D eigenvalue weighted by Gasteiger charge is 2.45. The summed E-state index contributed by atoms with van der Waals surface area (Å²) in [5.41, 5.74) is 0.744. The van der Waals surface area contributed by atoms with Crippen molar-refractivity contribution in [2.75, 3.05) is 25.0 Å². The average Bonchev–Trinajstić information content (AvgIpc) is 3.23. The summed E-state index contributed by atoms with van der Waals surface area (Å²) >= 11 is 0. The number of benzene rings is 1. The van der Waals surface area contributed by atoms with Gasteiger partial charge < -0.3 is 14.5 Å². The second-order valence-corrected chi connectivity index (χ2v) is 7.02. The molecule has 4 nitrogen and oxygen atoms in total. The van der Waals surface area contributed by atoms with E-state index in [1.54, 1.807) is 6.07 Å². The molecule has 2 atom stereocenters. The molecule has 128 valence electrons. The minimum Gasteiger partial charge on any atom is -0.465 e. The molecule has 1 aromatic carbocycles. The summed E-state index contributed by atoms with van der Waals surface area (Å²) in [5.74, 6) is 1.75. The molecular formula is C19H23FN2O2. The Morgan fingerprint density at radius 2 is 2.25 bits per heavy atom. The van der Waals surface area contributed by atoms with Crippen molar-refractivity contribution in [3.05, 3.63) is 53.7 Å². The van der Waals surface area contributed by atoms with Gasteiger partial charge in [-0.05, 0) is 43.7 Å². The standard InChI is InChI=1S/C19H23FN2O2/c1-14-5-6-18(24-14)11-22-8-7-19(13-22)10-17(12-23-19)21-16-4-2-3-15(20)9-16/h2-6,9,17,21H,7-8,10-13H2,1H3. The number of furan rings is 1. The van der Waals surface area contributed by atoms with Crippen molar-refractivity contribution in [2.24, 2.45) is 0 Å². The SMILES string of the molecule is Cc1ccc(CN2CCC3(CC(Nc4cccc(F)c4)CO3)C2)o1. The van der Waals surface area contributed by atoms with Gasteiger partial charge in [-0.1, -0.05) is 6.07 Å². The number of nitrogens with zero attached hydrogens (tertiary/aromatic N) is 1. The first kappa shape index (κ1) is 15.7. The van der Waals surface area contributed by atoms with E-state index in [9.17, 15) is 4.39 Å². The van der Waals surface area contributed by atoms with Crippen molar-refractivity contribution in [3.63, 3.8) is 0 Å². The maximum atomic E-state index is 13.3. The number of hydrogen-bond acceptors (Lipinski definition) is 4. The van der Waals surface area contributed by atoms with E-state index in [0.717, 1.165) is 49.7 Å². The first-order chi connectivity index (χ1) is 11.6. The lowest BCUT2D eigenvalue weighted by Gasteiger charge is -2.23. The quantitative estimate of drug-likeness (QED) is 0.930. The minimum atomic E-state index is -0.214. The van der Waals surface area contributed by atoms with Crippen LogP contribution in [-0.4, -0.2) is 36.2 Å². The number of anilines is 1. The highest BCUT2D eigenvalue weighted by molar-refractivity contribution is 5.44. The van der Waals surface area contributed by atoms with Crippen molar-refractivity contribution in [2.45, 2.75) is 38.0 Å². The Kier molecular flexibility index (Phi) is 4.06. The molecule has 3 heterocycles. The van der Waals surface area contributed by atoms with Gasteiger partial charge in [0.15, 0.2) is 0 Å². The van der Waals surface area contributed by atoms with Crippen LogP contribution in [0.5, 0.6) is 0 Å². The molecule has 1 aromatic heterocycles. The number of ether oxygens (including phenoxy) is 1. The smallest absolute Gasteiger partial charge is 0.125 e. The topological polar surface area (TPSA) is 37.6 Å². The molecular weight excluding hydrogens is 307 g/mol. The first-order valence-electron chi connectivity index (χ1n) is 8.54. The molecule has 2 saturated heterocycles. The molecule has 2 aliphatic heterocycles. The Morgan fingerprint density at radius 1 is 1.33 bits per heavy atom. The largest absolute Gasteiger partial charge is 0.465 e. The maximum absolute atomic E-state index is 13.3. The molecule has 0 bridgehead atoms. The second-order valence-electron chi connectivity index (χ2n) is 7.02. The number of hydrogen-bond donors (Lipinski definition) is 1. The fraction of sp³-hybridized carbons (Fsp3) is 0.474. The van der Waals surface area contributed by atoms with Gasteiger partial charge in [-0.3, -0.25) is 4.90 Å². The molecule has 2 aliphatic rings. The molecule has 4 rings (SSSR count). The van der Waals surface area contributed by atoms with Crippen molar-refractivity contribution in [1.82, 2.24) is 4.90 Å². The molecule has 2 unspecified atom stereocenters. The molecule has 24 heavy (non-hydrogen) atoms. The van der Waals surface area contributed by atoms with Crippen LogP contribution in [0.15, 0.2) is 40.8 Å². The third kappa shape index (κ3) is 3.32. The summed E-state index contributed by atoms with van der Waals surface area (Å²) in [4.78, 5) is 2.39. The highest BCUT2D eigenvalue weighted by Crippen LogP contribution is 2.36. The van der Waals surface area contributed by atoms with Crippen LogP contribution in [0.25, 0.3) is 0 Å². The average molecular weight is 330 g/mol. The van der Waals surface area contributed by atoms with Crippen molar-refractivity contribution < 1.29 is 13.5 Å². The van der Waals surface area contributed by atoms with Gasteiger partial charge in [-0.2, -0.15) is 0 Å². The Morgan fingerprint density at radius 3 is 3.04 bits per heavy atom. The number of halogens is 1. The third-order valence-corrected chi connectivity index (χ3v) is 4.98. The summed E-state index contributed by atoms with van der Waals surface area (Å²) in [6.45, 7) is 5.42. The van der Waals surface area contributed by atoms with Crippen LogP contribution >= 0.6 is 0 Å². The Bertz CT molecular complexity index is 717. The predicted molar refractivity (Wildman–Crippen MR) is 90.4 cm³/mol. The molecule has 1 spiro atoms. The summed E-state index contributed by atoms with van der Waals surface area (Å²) in [6, 6.07) is 10.9. The van der Waals surface area contributed by atoms with Crippen LogP contribution in [0.3, 0.4) is 0 Å². The molecule has 2 aromatic rings. The lowest BCUT2D eigenvalue weighted by molar-refractivity contribution is 0.0115. The molecule has 2 fully saturated rings. The van der Waals surface area contributed by atoms with Gasteiger partial charge >= 0.3 is 0 Å². The fourth-order valence-electron chi connectivity index (χ4n) is 3.89. The van der Waals surface area contributed by atoms with E-state index in [4.69, 9.17) is 9.15 Å². The van der Waals surface area contributed by atoms with E-state index < -0.39 is 0 Å². The van der Waals surface area contributed by atoms with E-state index in [-0.39, 0.29) is 17.5 Å². The number of aryl methyl sites for hydroxylation is 1. The molecule has 5 heteroatoms. The molecule has 0 amide bonds. The lowest BCUT2D eigenvalue weighted by Crippen LogP contribution is -2.33. The van der Waals surface area contributed by atoms with E-state index in [2.05, 4.69) is 10.2 Å². The van der Waals surface area contributed by atoms with Crippen molar-refractivity contribution in [1.29, 1.82) is 0 Å². The minimum absolute atomic E-state index is 0.0768. The van der Waals surface area contributed by atoms with Crippen LogP contribution in [-0.2, 0) is 11.3 Å². The zero-order valence-electron chi connectivity index (χ0n) is 13.9. The van der Waals surface area contributed by atoms with E-state index in [1.807, 2.05) is 25.1 Å².